The van der Waals surface area contributed by atoms with Gasteiger partial charge in [-0.3, -0.25) is 9.59 Å². The smallest absolute Gasteiger partial charge is 0.317 e. The van der Waals surface area contributed by atoms with Crippen LogP contribution in [0.25, 0.3) is 0 Å². The number of cyclic esters (lactones) is 2. The summed E-state index contributed by atoms with van der Waals surface area (Å²) in [6.45, 7) is 0. The molecule has 3 nitrogen and oxygen atoms in total. The Morgan fingerprint density at radius 2 is 1.41 bits per heavy atom. The van der Waals surface area contributed by atoms with E-state index < -0.39 is 0 Å². The third-order valence-corrected chi connectivity index (χ3v) is 6.17. The van der Waals surface area contributed by atoms with Gasteiger partial charge in [-0.05, 0) is 48.3 Å². The van der Waals surface area contributed by atoms with Gasteiger partial charge in [0.05, 0.1) is 11.8 Å². The molecule has 3 saturated carbocycles. The number of esters is 2. The molecule has 0 aromatic carbocycles. The van der Waals surface area contributed by atoms with Crippen LogP contribution in [-0.4, -0.2) is 11.9 Å². The topological polar surface area (TPSA) is 43.4 Å². The first-order chi connectivity index (χ1) is 8.25. The highest BCUT2D eigenvalue weighted by atomic mass is 16.6. The lowest BCUT2D eigenvalue weighted by atomic mass is 9.65. The maximum Gasteiger partial charge on any atom is 0.317 e. The van der Waals surface area contributed by atoms with Crippen molar-refractivity contribution in [2.24, 2.45) is 47.3 Å². The average molecular weight is 230 g/mol. The van der Waals surface area contributed by atoms with E-state index in [1.807, 2.05) is 0 Å². The van der Waals surface area contributed by atoms with E-state index in [0.29, 0.717) is 35.5 Å². The number of fused-ring (bicyclic) bond motifs is 12. The Balaban J connectivity index is 1.64. The summed E-state index contributed by atoms with van der Waals surface area (Å²) in [6.07, 6.45) is 7.07. The van der Waals surface area contributed by atoms with Crippen molar-refractivity contribution in [2.45, 2.75) is 12.8 Å². The number of hydrogen-bond acceptors (Lipinski definition) is 3. The van der Waals surface area contributed by atoms with Gasteiger partial charge in [0.15, 0.2) is 0 Å². The highest BCUT2D eigenvalue weighted by molar-refractivity contribution is 5.97. The first-order valence-electron chi connectivity index (χ1n) is 6.69. The van der Waals surface area contributed by atoms with Gasteiger partial charge in [-0.15, -0.1) is 0 Å². The summed E-state index contributed by atoms with van der Waals surface area (Å²) in [6, 6.07) is 0. The van der Waals surface area contributed by atoms with E-state index >= 15 is 0 Å². The zero-order chi connectivity index (χ0) is 11.3. The van der Waals surface area contributed by atoms with Gasteiger partial charge in [0.1, 0.15) is 0 Å². The van der Waals surface area contributed by atoms with Gasteiger partial charge < -0.3 is 4.74 Å². The predicted octanol–water partition coefficient (Wildman–Crippen LogP) is 1.39. The van der Waals surface area contributed by atoms with Crippen molar-refractivity contribution in [2.75, 3.05) is 0 Å². The lowest BCUT2D eigenvalue weighted by molar-refractivity contribution is -0.154. The number of allylic oxidation sites excluding steroid dienone is 2. The SMILES string of the molecule is O=C1OC(=O)[C@H]2[C@@H]1[C@H]1C[C@@H]2C2C1[C@@H]1C=C[C@H]2C1. The molecule has 3 heteroatoms. The first kappa shape index (κ1) is 8.90. The lowest BCUT2D eigenvalue weighted by Crippen LogP contribution is -2.38. The molecule has 0 radical (unpaired) electrons. The molecule has 1 saturated heterocycles. The number of carbonyl (C=O) groups excluding carboxylic acids is 2. The van der Waals surface area contributed by atoms with Gasteiger partial charge >= 0.3 is 11.9 Å². The Kier molecular flexibility index (Phi) is 1.31. The van der Waals surface area contributed by atoms with Gasteiger partial charge in [-0.25, -0.2) is 0 Å². The number of rotatable bonds is 0. The van der Waals surface area contributed by atoms with Gasteiger partial charge in [0, 0.05) is 0 Å². The molecule has 0 N–H and O–H groups in total. The largest absolute Gasteiger partial charge is 0.393 e. The minimum absolute atomic E-state index is 0.0819. The van der Waals surface area contributed by atoms with Crippen LogP contribution in [0.1, 0.15) is 12.8 Å². The van der Waals surface area contributed by atoms with E-state index in [4.69, 9.17) is 4.74 Å². The summed E-state index contributed by atoms with van der Waals surface area (Å²) in [7, 11) is 0. The fourth-order valence-corrected chi connectivity index (χ4v) is 5.92. The standard InChI is InChI=1S/C14H14O3/c15-13-11-7-4-8(12(11)14(16)17-13)10-6-2-1-5(3-6)9(7)10/h1-2,5-12H,3-4H2/t5-,6+,7+,8-,9?,10?,11+,12-. The molecule has 0 aromatic heterocycles. The first-order valence-corrected chi connectivity index (χ1v) is 6.69. The molecule has 88 valence electrons. The number of ether oxygens (including phenoxy) is 1. The fraction of sp³-hybridized carbons (Fsp3) is 0.714. The van der Waals surface area contributed by atoms with Gasteiger partial charge in [-0.1, -0.05) is 12.2 Å². The summed E-state index contributed by atoms with van der Waals surface area (Å²) < 4.78 is 4.87. The zero-order valence-electron chi connectivity index (χ0n) is 9.41. The monoisotopic (exact) mass is 230 g/mol. The number of carbonyl (C=O) groups is 2. The molecule has 4 fully saturated rings. The molecule has 0 amide bonds. The molecule has 0 spiro atoms. The average Bonchev–Trinajstić information content (AvgIpc) is 3.03. The van der Waals surface area contributed by atoms with E-state index in [-0.39, 0.29) is 23.8 Å². The van der Waals surface area contributed by atoms with Gasteiger partial charge in [0.2, 0.25) is 0 Å². The molecule has 4 bridgehead atoms. The molecule has 5 rings (SSSR count). The third kappa shape index (κ3) is 0.791. The molecular weight excluding hydrogens is 216 g/mol. The van der Waals surface area contributed by atoms with E-state index in [0.717, 1.165) is 6.42 Å². The predicted molar refractivity (Wildman–Crippen MR) is 57.4 cm³/mol. The summed E-state index contributed by atoms with van der Waals surface area (Å²) in [5, 5.41) is 0. The van der Waals surface area contributed by atoms with E-state index in [2.05, 4.69) is 12.2 Å². The minimum atomic E-state index is -0.224. The molecule has 4 aliphatic carbocycles. The Hall–Kier alpha value is -1.12. The maximum absolute atomic E-state index is 11.8. The Morgan fingerprint density at radius 1 is 0.882 bits per heavy atom. The van der Waals surface area contributed by atoms with Crippen molar-refractivity contribution in [3.05, 3.63) is 12.2 Å². The Bertz CT molecular complexity index is 440. The van der Waals surface area contributed by atoms with Crippen molar-refractivity contribution in [3.63, 3.8) is 0 Å². The van der Waals surface area contributed by atoms with Crippen LogP contribution in [0.5, 0.6) is 0 Å². The maximum atomic E-state index is 11.8. The minimum Gasteiger partial charge on any atom is -0.393 e. The second kappa shape index (κ2) is 2.50. The van der Waals surface area contributed by atoms with Crippen LogP contribution in [0.2, 0.25) is 0 Å². The van der Waals surface area contributed by atoms with E-state index in [9.17, 15) is 9.59 Å². The van der Waals surface area contributed by atoms with E-state index in [1.54, 1.807) is 0 Å². The van der Waals surface area contributed by atoms with Crippen molar-refractivity contribution in [3.8, 4) is 0 Å². The second-order valence-electron chi connectivity index (χ2n) is 6.46. The molecular formula is C14H14O3. The zero-order valence-corrected chi connectivity index (χ0v) is 9.41. The normalized spacial score (nSPS) is 60.9. The third-order valence-electron chi connectivity index (χ3n) is 6.17. The lowest BCUT2D eigenvalue weighted by Gasteiger charge is -2.35. The quantitative estimate of drug-likeness (QED) is 0.273. The fourth-order valence-electron chi connectivity index (χ4n) is 5.92. The van der Waals surface area contributed by atoms with Crippen molar-refractivity contribution in [1.82, 2.24) is 0 Å². The summed E-state index contributed by atoms with van der Waals surface area (Å²) in [5.41, 5.74) is 0. The van der Waals surface area contributed by atoms with Crippen LogP contribution in [0.15, 0.2) is 12.2 Å². The summed E-state index contributed by atoms with van der Waals surface area (Å²) in [5.74, 6) is 2.99. The van der Waals surface area contributed by atoms with E-state index in [1.165, 1.54) is 6.42 Å². The van der Waals surface area contributed by atoms with Gasteiger partial charge in [0.25, 0.3) is 0 Å². The van der Waals surface area contributed by atoms with Crippen LogP contribution in [0.4, 0.5) is 0 Å². The molecule has 2 unspecified atom stereocenters. The molecule has 1 aliphatic heterocycles. The highest BCUT2D eigenvalue weighted by Crippen LogP contribution is 2.69. The van der Waals surface area contributed by atoms with Crippen molar-refractivity contribution < 1.29 is 14.3 Å². The van der Waals surface area contributed by atoms with Crippen LogP contribution in [-0.2, 0) is 14.3 Å². The van der Waals surface area contributed by atoms with Crippen LogP contribution >= 0.6 is 0 Å². The Morgan fingerprint density at radius 3 is 1.94 bits per heavy atom. The van der Waals surface area contributed by atoms with Crippen LogP contribution < -0.4 is 0 Å². The highest BCUT2D eigenvalue weighted by Gasteiger charge is 2.70. The summed E-state index contributed by atoms with van der Waals surface area (Å²) >= 11 is 0. The van der Waals surface area contributed by atoms with Crippen LogP contribution in [0, 0.1) is 47.3 Å². The number of hydrogen-bond donors (Lipinski definition) is 0. The molecule has 17 heavy (non-hydrogen) atoms. The van der Waals surface area contributed by atoms with Crippen molar-refractivity contribution >= 4 is 11.9 Å². The summed E-state index contributed by atoms with van der Waals surface area (Å²) in [4.78, 5) is 23.6. The Labute approximate surface area is 99.2 Å². The second-order valence-corrected chi connectivity index (χ2v) is 6.46. The molecule has 5 aliphatic rings. The molecule has 8 atom stereocenters. The molecule has 1 heterocycles. The van der Waals surface area contributed by atoms with Gasteiger partial charge in [-0.2, -0.15) is 0 Å². The van der Waals surface area contributed by atoms with Crippen LogP contribution in [0.3, 0.4) is 0 Å². The molecule has 0 aromatic rings. The van der Waals surface area contributed by atoms with Crippen molar-refractivity contribution in [1.29, 1.82) is 0 Å².